The van der Waals surface area contributed by atoms with Gasteiger partial charge < -0.3 is 10.3 Å². The van der Waals surface area contributed by atoms with E-state index in [0.717, 1.165) is 23.4 Å². The molecular weight excluding hydrogens is 266 g/mol. The highest BCUT2D eigenvalue weighted by Crippen LogP contribution is 2.30. The van der Waals surface area contributed by atoms with Crippen LogP contribution in [-0.2, 0) is 6.54 Å². The van der Waals surface area contributed by atoms with Crippen molar-refractivity contribution in [1.29, 1.82) is 0 Å². The summed E-state index contributed by atoms with van der Waals surface area (Å²) in [6, 6.07) is 14.6. The SMILES string of the molecule is c1csc(CNc2nccc3[nH]c4ccccc4c23)c1. The molecule has 0 atom stereocenters. The zero-order chi connectivity index (χ0) is 13.4. The van der Waals surface area contributed by atoms with Gasteiger partial charge >= 0.3 is 0 Å². The van der Waals surface area contributed by atoms with Crippen LogP contribution in [0.25, 0.3) is 21.8 Å². The fourth-order valence-corrected chi connectivity index (χ4v) is 3.16. The second kappa shape index (κ2) is 4.65. The lowest BCUT2D eigenvalue weighted by Crippen LogP contribution is -1.99. The minimum atomic E-state index is 0.809. The highest BCUT2D eigenvalue weighted by atomic mass is 32.1. The molecule has 0 radical (unpaired) electrons. The van der Waals surface area contributed by atoms with E-state index in [2.05, 4.69) is 51.0 Å². The highest BCUT2D eigenvalue weighted by Gasteiger charge is 2.09. The van der Waals surface area contributed by atoms with Crippen LogP contribution in [0.1, 0.15) is 4.88 Å². The smallest absolute Gasteiger partial charge is 0.136 e. The number of aromatic amines is 1. The van der Waals surface area contributed by atoms with Crippen LogP contribution in [0, 0.1) is 0 Å². The van der Waals surface area contributed by atoms with Gasteiger partial charge in [-0.25, -0.2) is 4.98 Å². The minimum absolute atomic E-state index is 0.809. The van der Waals surface area contributed by atoms with Crippen LogP contribution in [0.4, 0.5) is 5.82 Å². The van der Waals surface area contributed by atoms with Gasteiger partial charge in [-0.05, 0) is 23.6 Å². The molecule has 0 aliphatic heterocycles. The molecule has 0 unspecified atom stereocenters. The summed E-state index contributed by atoms with van der Waals surface area (Å²) in [6.45, 7) is 0.809. The molecule has 4 heteroatoms. The summed E-state index contributed by atoms with van der Waals surface area (Å²) in [5.74, 6) is 0.938. The van der Waals surface area contributed by atoms with Gasteiger partial charge in [0.25, 0.3) is 0 Å². The van der Waals surface area contributed by atoms with Gasteiger partial charge in [-0.3, -0.25) is 0 Å². The number of nitrogens with one attached hydrogen (secondary N) is 2. The fraction of sp³-hybridized carbons (Fsp3) is 0.0625. The Balaban J connectivity index is 1.82. The standard InChI is InChI=1S/C16H13N3S/c1-2-6-13-12(5-1)15-14(19-13)7-8-17-16(15)18-10-11-4-3-9-20-11/h1-9,19H,10H2,(H,17,18). The van der Waals surface area contributed by atoms with Crippen molar-refractivity contribution in [3.8, 4) is 0 Å². The molecule has 3 heterocycles. The van der Waals surface area contributed by atoms with Crippen LogP contribution in [-0.4, -0.2) is 9.97 Å². The molecule has 3 nitrogen and oxygen atoms in total. The van der Waals surface area contributed by atoms with Gasteiger partial charge in [0.15, 0.2) is 0 Å². The quantitative estimate of drug-likeness (QED) is 0.584. The summed E-state index contributed by atoms with van der Waals surface area (Å²) in [5.41, 5.74) is 2.27. The first kappa shape index (κ1) is 11.5. The van der Waals surface area contributed by atoms with E-state index >= 15 is 0 Å². The van der Waals surface area contributed by atoms with E-state index in [1.54, 1.807) is 11.3 Å². The number of thiophene rings is 1. The van der Waals surface area contributed by atoms with Crippen LogP contribution in [0.15, 0.2) is 54.0 Å². The number of rotatable bonds is 3. The van der Waals surface area contributed by atoms with Crippen LogP contribution in [0.5, 0.6) is 0 Å². The lowest BCUT2D eigenvalue weighted by molar-refractivity contribution is 1.15. The van der Waals surface area contributed by atoms with Crippen molar-refractivity contribution in [2.24, 2.45) is 0 Å². The van der Waals surface area contributed by atoms with Crippen molar-refractivity contribution in [3.05, 3.63) is 58.9 Å². The Morgan fingerprint density at radius 3 is 2.90 bits per heavy atom. The third kappa shape index (κ3) is 1.85. The van der Waals surface area contributed by atoms with Crippen molar-refractivity contribution in [2.45, 2.75) is 6.54 Å². The molecule has 0 aliphatic carbocycles. The van der Waals surface area contributed by atoms with Crippen LogP contribution >= 0.6 is 11.3 Å². The molecule has 98 valence electrons. The van der Waals surface area contributed by atoms with Gasteiger partial charge in [-0.2, -0.15) is 0 Å². The normalized spacial score (nSPS) is 11.2. The Labute approximate surface area is 120 Å². The summed E-state index contributed by atoms with van der Waals surface area (Å²) in [7, 11) is 0. The number of para-hydroxylation sites is 1. The molecule has 0 fully saturated rings. The third-order valence-electron chi connectivity index (χ3n) is 3.43. The van der Waals surface area contributed by atoms with E-state index in [4.69, 9.17) is 0 Å². The predicted molar refractivity (Wildman–Crippen MR) is 85.2 cm³/mol. The maximum atomic E-state index is 4.50. The van der Waals surface area contributed by atoms with Crippen LogP contribution in [0.2, 0.25) is 0 Å². The molecule has 0 saturated heterocycles. The van der Waals surface area contributed by atoms with Crippen molar-refractivity contribution < 1.29 is 0 Å². The Morgan fingerprint density at radius 1 is 1.05 bits per heavy atom. The molecule has 0 spiro atoms. The molecule has 0 saturated carbocycles. The minimum Gasteiger partial charge on any atom is -0.365 e. The van der Waals surface area contributed by atoms with Crippen molar-refractivity contribution >= 4 is 39.0 Å². The van der Waals surface area contributed by atoms with Gasteiger partial charge in [-0.15, -0.1) is 11.3 Å². The first-order chi connectivity index (χ1) is 9.92. The van der Waals surface area contributed by atoms with Gasteiger partial charge in [0, 0.05) is 27.4 Å². The molecule has 0 bridgehead atoms. The zero-order valence-electron chi connectivity index (χ0n) is 10.8. The number of anilines is 1. The number of hydrogen-bond acceptors (Lipinski definition) is 3. The van der Waals surface area contributed by atoms with Gasteiger partial charge in [0.2, 0.25) is 0 Å². The second-order valence-electron chi connectivity index (χ2n) is 4.69. The van der Waals surface area contributed by atoms with E-state index in [0.29, 0.717) is 0 Å². The predicted octanol–water partition coefficient (Wildman–Crippen LogP) is 4.39. The number of fused-ring (bicyclic) bond motifs is 3. The van der Waals surface area contributed by atoms with E-state index in [1.807, 2.05) is 18.3 Å². The summed E-state index contributed by atoms with van der Waals surface area (Å²) in [6.07, 6.45) is 1.84. The van der Waals surface area contributed by atoms with Crippen molar-refractivity contribution in [3.63, 3.8) is 0 Å². The summed E-state index contributed by atoms with van der Waals surface area (Å²) < 4.78 is 0. The topological polar surface area (TPSA) is 40.7 Å². The number of benzene rings is 1. The second-order valence-corrected chi connectivity index (χ2v) is 5.72. The number of pyridine rings is 1. The summed E-state index contributed by atoms with van der Waals surface area (Å²) in [5, 5.41) is 7.92. The molecule has 4 aromatic rings. The van der Waals surface area contributed by atoms with Crippen LogP contribution < -0.4 is 5.32 Å². The maximum absolute atomic E-state index is 4.50. The third-order valence-corrected chi connectivity index (χ3v) is 4.30. The molecule has 0 amide bonds. The fourth-order valence-electron chi connectivity index (χ4n) is 2.51. The molecule has 0 aliphatic rings. The van der Waals surface area contributed by atoms with E-state index in [9.17, 15) is 0 Å². The number of hydrogen-bond donors (Lipinski definition) is 2. The maximum Gasteiger partial charge on any atom is 0.136 e. The van der Waals surface area contributed by atoms with E-state index in [1.165, 1.54) is 15.6 Å². The Bertz CT molecular complexity index is 862. The number of nitrogens with zero attached hydrogens (tertiary/aromatic N) is 1. The lowest BCUT2D eigenvalue weighted by atomic mass is 10.2. The molecule has 1 aromatic carbocycles. The monoisotopic (exact) mass is 279 g/mol. The van der Waals surface area contributed by atoms with Crippen LogP contribution in [0.3, 0.4) is 0 Å². The lowest BCUT2D eigenvalue weighted by Gasteiger charge is -2.05. The van der Waals surface area contributed by atoms with Gasteiger partial charge in [0.1, 0.15) is 5.82 Å². The average molecular weight is 279 g/mol. The van der Waals surface area contributed by atoms with Crippen molar-refractivity contribution in [2.75, 3.05) is 5.32 Å². The zero-order valence-corrected chi connectivity index (χ0v) is 11.6. The Hall–Kier alpha value is -2.33. The highest BCUT2D eigenvalue weighted by molar-refractivity contribution is 7.09. The van der Waals surface area contributed by atoms with Crippen molar-refractivity contribution in [1.82, 2.24) is 9.97 Å². The Kier molecular flexibility index (Phi) is 2.67. The first-order valence-corrected chi connectivity index (χ1v) is 7.41. The summed E-state index contributed by atoms with van der Waals surface area (Å²) >= 11 is 1.76. The molecule has 20 heavy (non-hydrogen) atoms. The van der Waals surface area contributed by atoms with Gasteiger partial charge in [-0.1, -0.05) is 24.3 Å². The Morgan fingerprint density at radius 2 is 2.00 bits per heavy atom. The van der Waals surface area contributed by atoms with E-state index in [-0.39, 0.29) is 0 Å². The largest absolute Gasteiger partial charge is 0.365 e. The number of H-pyrrole nitrogens is 1. The average Bonchev–Trinajstić information content (AvgIpc) is 3.12. The summed E-state index contributed by atoms with van der Waals surface area (Å²) in [4.78, 5) is 9.25. The number of aromatic nitrogens is 2. The molecular formula is C16H13N3S. The molecule has 3 aromatic heterocycles. The molecule has 2 N–H and O–H groups in total. The van der Waals surface area contributed by atoms with E-state index < -0.39 is 0 Å². The first-order valence-electron chi connectivity index (χ1n) is 6.53. The van der Waals surface area contributed by atoms with Gasteiger partial charge in [0.05, 0.1) is 12.1 Å². The molecule has 4 rings (SSSR count).